The van der Waals surface area contributed by atoms with Crippen LogP contribution < -0.4 is 10.1 Å². The Morgan fingerprint density at radius 3 is 2.95 bits per heavy atom. The second-order valence-corrected chi connectivity index (χ2v) is 5.84. The van der Waals surface area contributed by atoms with E-state index >= 15 is 0 Å². The maximum absolute atomic E-state index is 5.94. The van der Waals surface area contributed by atoms with Crippen LogP contribution >= 0.6 is 22.9 Å². The summed E-state index contributed by atoms with van der Waals surface area (Å²) in [5.74, 6) is 0.551. The highest BCUT2D eigenvalue weighted by molar-refractivity contribution is 7.09. The van der Waals surface area contributed by atoms with Gasteiger partial charge in [-0.05, 0) is 25.4 Å². The third-order valence-electron chi connectivity index (χ3n) is 2.53. The van der Waals surface area contributed by atoms with E-state index in [1.807, 2.05) is 19.2 Å². The second-order valence-electron chi connectivity index (χ2n) is 4.53. The molecule has 0 atom stereocenters. The molecule has 0 amide bonds. The monoisotopic (exact) mass is 324 g/mol. The predicted octanol–water partition coefficient (Wildman–Crippen LogP) is 2.86. The first-order valence-corrected chi connectivity index (χ1v) is 7.59. The van der Waals surface area contributed by atoms with E-state index in [0.717, 1.165) is 5.01 Å². The van der Waals surface area contributed by atoms with E-state index < -0.39 is 0 Å². The molecule has 3 rings (SSSR count). The van der Waals surface area contributed by atoms with Crippen LogP contribution in [0.25, 0.3) is 11.2 Å². The van der Waals surface area contributed by atoms with E-state index in [4.69, 9.17) is 16.3 Å². The Morgan fingerprint density at radius 2 is 2.24 bits per heavy atom. The first kappa shape index (κ1) is 14.0. The molecule has 0 fully saturated rings. The Balaban J connectivity index is 1.90. The van der Waals surface area contributed by atoms with Crippen molar-refractivity contribution in [3.63, 3.8) is 0 Å². The lowest BCUT2D eigenvalue weighted by molar-refractivity contribution is 0.225. The molecule has 7 nitrogen and oxygen atoms in total. The molecule has 3 aromatic rings. The molecule has 0 spiro atoms. The van der Waals surface area contributed by atoms with Crippen molar-refractivity contribution in [3.05, 3.63) is 21.9 Å². The fourth-order valence-corrected chi connectivity index (χ4v) is 2.48. The van der Waals surface area contributed by atoms with Crippen molar-refractivity contribution in [1.82, 2.24) is 24.9 Å². The number of aromatic amines is 1. The summed E-state index contributed by atoms with van der Waals surface area (Å²) in [6, 6.07) is 0.397. The summed E-state index contributed by atoms with van der Waals surface area (Å²) in [6.07, 6.45) is 1.77. The van der Waals surface area contributed by atoms with Crippen LogP contribution in [0.1, 0.15) is 18.9 Å². The molecule has 0 radical (unpaired) electrons. The molecule has 3 aromatic heterocycles. The number of H-pyrrole nitrogens is 1. The van der Waals surface area contributed by atoms with Crippen molar-refractivity contribution in [2.75, 3.05) is 5.32 Å². The van der Waals surface area contributed by atoms with Crippen LogP contribution in [0.2, 0.25) is 5.28 Å². The molecule has 110 valence electrons. The van der Waals surface area contributed by atoms with Crippen molar-refractivity contribution in [2.45, 2.75) is 26.5 Å². The number of thiazole rings is 1. The second kappa shape index (κ2) is 5.82. The predicted molar refractivity (Wildman–Crippen MR) is 81.9 cm³/mol. The van der Waals surface area contributed by atoms with Gasteiger partial charge in [-0.15, -0.1) is 11.3 Å². The lowest BCUT2D eigenvalue weighted by Gasteiger charge is -2.04. The minimum atomic E-state index is 0.0146. The molecule has 0 saturated carbocycles. The number of imidazole rings is 1. The molecule has 0 aliphatic heterocycles. The number of hydrogen-bond acceptors (Lipinski definition) is 7. The molecule has 9 heteroatoms. The van der Waals surface area contributed by atoms with Gasteiger partial charge < -0.3 is 10.1 Å². The summed E-state index contributed by atoms with van der Waals surface area (Å²) in [5.41, 5.74) is 1.12. The number of anilines is 1. The SMILES string of the molecule is CC(C)Oc1nc2c(NCc3nccs3)nc(Cl)nc2[nH]1. The van der Waals surface area contributed by atoms with E-state index in [2.05, 4.69) is 30.2 Å². The zero-order chi connectivity index (χ0) is 14.8. The first-order valence-electron chi connectivity index (χ1n) is 6.34. The molecule has 0 bridgehead atoms. The molecule has 0 aliphatic carbocycles. The van der Waals surface area contributed by atoms with Gasteiger partial charge in [-0.25, -0.2) is 4.98 Å². The Bertz CT molecular complexity index is 742. The lowest BCUT2D eigenvalue weighted by Crippen LogP contribution is -2.06. The highest BCUT2D eigenvalue weighted by Gasteiger charge is 2.13. The fraction of sp³-hybridized carbons (Fsp3) is 0.333. The standard InChI is InChI=1S/C12H13ClN6OS/c1-6(2)20-12-16-8-9(15-5-7-14-3-4-21-7)17-11(13)18-10(8)19-12/h3-4,6H,5H2,1-2H3,(H2,15,16,17,18,19). The van der Waals surface area contributed by atoms with E-state index in [0.29, 0.717) is 29.5 Å². The molecule has 3 heterocycles. The Morgan fingerprint density at radius 1 is 1.38 bits per heavy atom. The third-order valence-corrected chi connectivity index (χ3v) is 3.48. The van der Waals surface area contributed by atoms with E-state index in [-0.39, 0.29) is 11.4 Å². The maximum Gasteiger partial charge on any atom is 0.296 e. The lowest BCUT2D eigenvalue weighted by atomic mass is 10.5. The van der Waals surface area contributed by atoms with Gasteiger partial charge >= 0.3 is 0 Å². The normalized spacial score (nSPS) is 11.2. The van der Waals surface area contributed by atoms with Crippen LogP contribution in [-0.4, -0.2) is 31.0 Å². The Hall–Kier alpha value is -1.93. The molecular weight excluding hydrogens is 312 g/mol. The summed E-state index contributed by atoms with van der Waals surface area (Å²) in [5, 5.41) is 6.18. The van der Waals surface area contributed by atoms with Crippen molar-refractivity contribution in [2.24, 2.45) is 0 Å². The number of rotatable bonds is 5. The van der Waals surface area contributed by atoms with Gasteiger partial charge in [0.15, 0.2) is 17.0 Å². The fourth-order valence-electron chi connectivity index (χ4n) is 1.75. The van der Waals surface area contributed by atoms with Gasteiger partial charge in [0.2, 0.25) is 5.28 Å². The number of nitrogens with one attached hydrogen (secondary N) is 2. The van der Waals surface area contributed by atoms with Crippen LogP contribution in [0.4, 0.5) is 5.82 Å². The molecular formula is C12H13ClN6OS. The summed E-state index contributed by atoms with van der Waals surface area (Å²) in [7, 11) is 0. The summed E-state index contributed by atoms with van der Waals surface area (Å²) >= 11 is 7.50. The Kier molecular flexibility index (Phi) is 3.89. The summed E-state index contributed by atoms with van der Waals surface area (Å²) in [4.78, 5) is 19.8. The third kappa shape index (κ3) is 3.22. The number of ether oxygens (including phenoxy) is 1. The topological polar surface area (TPSA) is 88.6 Å². The first-order chi connectivity index (χ1) is 10.1. The molecule has 2 N–H and O–H groups in total. The smallest absolute Gasteiger partial charge is 0.296 e. The number of nitrogens with zero attached hydrogens (tertiary/aromatic N) is 4. The average Bonchev–Trinajstić information content (AvgIpc) is 3.03. The number of halogens is 1. The van der Waals surface area contributed by atoms with Crippen LogP contribution in [0, 0.1) is 0 Å². The van der Waals surface area contributed by atoms with Crippen LogP contribution in [0.15, 0.2) is 11.6 Å². The average molecular weight is 325 g/mol. The maximum atomic E-state index is 5.94. The van der Waals surface area contributed by atoms with E-state index in [1.165, 1.54) is 0 Å². The molecule has 0 aromatic carbocycles. The number of aromatic nitrogens is 5. The summed E-state index contributed by atoms with van der Waals surface area (Å²) < 4.78 is 5.53. The van der Waals surface area contributed by atoms with Crippen LogP contribution in [-0.2, 0) is 6.54 Å². The van der Waals surface area contributed by atoms with E-state index in [1.54, 1.807) is 17.5 Å². The van der Waals surface area contributed by atoms with Gasteiger partial charge in [0.1, 0.15) is 5.01 Å². The number of fused-ring (bicyclic) bond motifs is 1. The van der Waals surface area contributed by atoms with Crippen LogP contribution in [0.5, 0.6) is 6.01 Å². The van der Waals surface area contributed by atoms with Crippen LogP contribution in [0.3, 0.4) is 0 Å². The highest BCUT2D eigenvalue weighted by Crippen LogP contribution is 2.23. The van der Waals surface area contributed by atoms with Crippen molar-refractivity contribution in [3.8, 4) is 6.01 Å². The quantitative estimate of drug-likeness (QED) is 0.701. The van der Waals surface area contributed by atoms with Gasteiger partial charge in [-0.3, -0.25) is 4.98 Å². The largest absolute Gasteiger partial charge is 0.462 e. The van der Waals surface area contributed by atoms with Gasteiger partial charge in [0.25, 0.3) is 6.01 Å². The minimum absolute atomic E-state index is 0.0146. The van der Waals surface area contributed by atoms with E-state index in [9.17, 15) is 0 Å². The summed E-state index contributed by atoms with van der Waals surface area (Å²) in [6.45, 7) is 4.40. The van der Waals surface area contributed by atoms with Gasteiger partial charge in [0.05, 0.1) is 12.6 Å². The molecule has 0 unspecified atom stereocenters. The van der Waals surface area contributed by atoms with Crippen molar-refractivity contribution < 1.29 is 4.74 Å². The van der Waals surface area contributed by atoms with Crippen molar-refractivity contribution in [1.29, 1.82) is 0 Å². The molecule has 0 saturated heterocycles. The highest BCUT2D eigenvalue weighted by atomic mass is 35.5. The molecule has 21 heavy (non-hydrogen) atoms. The van der Waals surface area contributed by atoms with Gasteiger partial charge in [-0.1, -0.05) is 0 Å². The zero-order valence-electron chi connectivity index (χ0n) is 11.4. The zero-order valence-corrected chi connectivity index (χ0v) is 13.0. The van der Waals surface area contributed by atoms with Gasteiger partial charge in [0, 0.05) is 11.6 Å². The molecule has 0 aliphatic rings. The Labute approximate surface area is 129 Å². The minimum Gasteiger partial charge on any atom is -0.462 e. The van der Waals surface area contributed by atoms with Gasteiger partial charge in [-0.2, -0.15) is 15.0 Å². The number of hydrogen-bond donors (Lipinski definition) is 2. The van der Waals surface area contributed by atoms with Crippen molar-refractivity contribution >= 4 is 39.9 Å².